The van der Waals surface area contributed by atoms with E-state index in [0.717, 1.165) is 11.3 Å². The number of nitrogens with zero attached hydrogens (tertiary/aromatic N) is 1. The summed E-state index contributed by atoms with van der Waals surface area (Å²) in [7, 11) is 3.67. The van der Waals surface area contributed by atoms with Crippen molar-refractivity contribution < 1.29 is 4.79 Å². The maximum Gasteiger partial charge on any atom is 0.224 e. The molecule has 0 spiro atoms. The Labute approximate surface area is 109 Å². The molecule has 0 saturated heterocycles. The monoisotopic (exact) mass is 249 g/mol. The number of hydrogen-bond acceptors (Lipinski definition) is 3. The Morgan fingerprint density at radius 1 is 1.50 bits per heavy atom. The summed E-state index contributed by atoms with van der Waals surface area (Å²) in [5, 5.41) is 2.67. The lowest BCUT2D eigenvalue weighted by Crippen LogP contribution is -2.35. The fourth-order valence-corrected chi connectivity index (χ4v) is 2.26. The number of benzene rings is 1. The molecule has 4 nitrogen and oxygen atoms in total. The van der Waals surface area contributed by atoms with Crippen LogP contribution in [0.25, 0.3) is 0 Å². The fourth-order valence-electron chi connectivity index (χ4n) is 2.26. The summed E-state index contributed by atoms with van der Waals surface area (Å²) in [6, 6.07) is 6.11. The molecule has 0 aliphatic heterocycles. The van der Waals surface area contributed by atoms with Crippen LogP contribution in [-0.4, -0.2) is 26.5 Å². The Morgan fingerprint density at radius 2 is 2.17 bits per heavy atom. The van der Waals surface area contributed by atoms with Gasteiger partial charge in [-0.05, 0) is 18.1 Å². The molecule has 0 radical (unpaired) electrons. The molecule has 0 saturated carbocycles. The molecular weight excluding hydrogens is 226 g/mol. The minimum atomic E-state index is -0.0507. The number of anilines is 1. The molecule has 1 aromatic rings. The van der Waals surface area contributed by atoms with Gasteiger partial charge in [-0.15, -0.1) is 0 Å². The summed E-state index contributed by atoms with van der Waals surface area (Å²) in [5.74, 6) is 0.00923. The van der Waals surface area contributed by atoms with Crippen LogP contribution in [0.1, 0.15) is 18.1 Å². The molecule has 0 fully saturated rings. The summed E-state index contributed by atoms with van der Waals surface area (Å²) >= 11 is 0. The van der Waals surface area contributed by atoms with E-state index in [1.807, 2.05) is 26.1 Å². The highest BCUT2D eigenvalue weighted by Gasteiger charge is 2.16. The van der Waals surface area contributed by atoms with E-state index in [0.29, 0.717) is 13.1 Å². The minimum absolute atomic E-state index is 0.0507. The molecule has 0 aliphatic carbocycles. The SMILES string of the molecule is CNC(=O)C(C)CN(C)c1c(C)cccc1CN. The predicted molar refractivity (Wildman–Crippen MR) is 75.6 cm³/mol. The van der Waals surface area contributed by atoms with Crippen molar-refractivity contribution in [3.63, 3.8) is 0 Å². The Balaban J connectivity index is 2.90. The molecule has 1 rings (SSSR count). The third-order valence-electron chi connectivity index (χ3n) is 3.16. The van der Waals surface area contributed by atoms with Gasteiger partial charge in [0.1, 0.15) is 0 Å². The standard InChI is InChI=1S/C14H23N3O/c1-10-6-5-7-12(8-15)13(10)17(4)9-11(2)14(18)16-3/h5-7,11H,8-9,15H2,1-4H3,(H,16,18). The van der Waals surface area contributed by atoms with Gasteiger partial charge < -0.3 is 16.0 Å². The van der Waals surface area contributed by atoms with Crippen molar-refractivity contribution >= 4 is 11.6 Å². The average molecular weight is 249 g/mol. The molecular formula is C14H23N3O. The number of amides is 1. The van der Waals surface area contributed by atoms with Crippen LogP contribution in [0.5, 0.6) is 0 Å². The maximum atomic E-state index is 11.6. The molecule has 4 heteroatoms. The smallest absolute Gasteiger partial charge is 0.224 e. The highest BCUT2D eigenvalue weighted by molar-refractivity contribution is 5.78. The Morgan fingerprint density at radius 3 is 2.72 bits per heavy atom. The highest BCUT2D eigenvalue weighted by atomic mass is 16.1. The lowest BCUT2D eigenvalue weighted by atomic mass is 10.0. The van der Waals surface area contributed by atoms with Gasteiger partial charge in [0.25, 0.3) is 0 Å². The second kappa shape index (κ2) is 6.40. The first-order valence-corrected chi connectivity index (χ1v) is 6.22. The van der Waals surface area contributed by atoms with Gasteiger partial charge in [-0.2, -0.15) is 0 Å². The van der Waals surface area contributed by atoms with Crippen molar-refractivity contribution in [2.24, 2.45) is 11.7 Å². The molecule has 1 aromatic carbocycles. The first-order chi connectivity index (χ1) is 8.51. The normalized spacial score (nSPS) is 12.1. The minimum Gasteiger partial charge on any atom is -0.373 e. The van der Waals surface area contributed by atoms with Gasteiger partial charge in [0.05, 0.1) is 5.92 Å². The second-order valence-corrected chi connectivity index (χ2v) is 4.68. The molecule has 0 aromatic heterocycles. The molecule has 0 bridgehead atoms. The summed E-state index contributed by atoms with van der Waals surface area (Å²) < 4.78 is 0. The van der Waals surface area contributed by atoms with E-state index < -0.39 is 0 Å². The van der Waals surface area contributed by atoms with Crippen LogP contribution >= 0.6 is 0 Å². The summed E-state index contributed by atoms with van der Waals surface area (Å²) in [6.45, 7) is 5.18. The highest BCUT2D eigenvalue weighted by Crippen LogP contribution is 2.24. The van der Waals surface area contributed by atoms with Gasteiger partial charge in [0.2, 0.25) is 5.91 Å². The van der Waals surface area contributed by atoms with Gasteiger partial charge >= 0.3 is 0 Å². The molecule has 0 heterocycles. The summed E-state index contributed by atoms with van der Waals surface area (Å²) in [5.41, 5.74) is 9.20. The van der Waals surface area contributed by atoms with Crippen LogP contribution in [-0.2, 0) is 11.3 Å². The number of nitrogens with one attached hydrogen (secondary N) is 1. The van der Waals surface area contributed by atoms with Crippen LogP contribution in [0, 0.1) is 12.8 Å². The lowest BCUT2D eigenvalue weighted by Gasteiger charge is -2.26. The fraction of sp³-hybridized carbons (Fsp3) is 0.500. The van der Waals surface area contributed by atoms with Gasteiger partial charge in [-0.1, -0.05) is 25.1 Å². The Hall–Kier alpha value is -1.55. The van der Waals surface area contributed by atoms with E-state index >= 15 is 0 Å². The van der Waals surface area contributed by atoms with E-state index in [-0.39, 0.29) is 11.8 Å². The molecule has 1 amide bonds. The van der Waals surface area contributed by atoms with E-state index in [2.05, 4.69) is 23.2 Å². The zero-order chi connectivity index (χ0) is 13.7. The van der Waals surface area contributed by atoms with Gasteiger partial charge in [-0.3, -0.25) is 4.79 Å². The van der Waals surface area contributed by atoms with Crippen molar-refractivity contribution in [2.45, 2.75) is 20.4 Å². The third kappa shape index (κ3) is 3.23. The van der Waals surface area contributed by atoms with Crippen molar-refractivity contribution in [1.29, 1.82) is 0 Å². The first-order valence-electron chi connectivity index (χ1n) is 6.22. The van der Waals surface area contributed by atoms with Gasteiger partial charge in [0, 0.05) is 32.9 Å². The first kappa shape index (κ1) is 14.5. The van der Waals surface area contributed by atoms with Crippen LogP contribution < -0.4 is 16.0 Å². The number of carbonyl (C=O) groups is 1. The molecule has 1 atom stereocenters. The van der Waals surface area contributed by atoms with E-state index in [4.69, 9.17) is 5.73 Å². The van der Waals surface area contributed by atoms with Gasteiger partial charge in [-0.25, -0.2) is 0 Å². The van der Waals surface area contributed by atoms with E-state index in [9.17, 15) is 4.79 Å². The van der Waals surface area contributed by atoms with E-state index in [1.54, 1.807) is 7.05 Å². The summed E-state index contributed by atoms with van der Waals surface area (Å²) in [6.07, 6.45) is 0. The Kier molecular flexibility index (Phi) is 5.16. The van der Waals surface area contributed by atoms with Crippen LogP contribution in [0.4, 0.5) is 5.69 Å². The number of para-hydroxylation sites is 1. The van der Waals surface area contributed by atoms with Crippen molar-refractivity contribution in [2.75, 3.05) is 25.5 Å². The zero-order valence-corrected chi connectivity index (χ0v) is 11.7. The second-order valence-electron chi connectivity index (χ2n) is 4.68. The number of aryl methyl sites for hydroxylation is 1. The van der Waals surface area contributed by atoms with Crippen molar-refractivity contribution in [3.8, 4) is 0 Å². The third-order valence-corrected chi connectivity index (χ3v) is 3.16. The molecule has 100 valence electrons. The number of carbonyl (C=O) groups excluding carboxylic acids is 1. The Bertz CT molecular complexity index is 418. The predicted octanol–water partition coefficient (Wildman–Crippen LogP) is 1.27. The van der Waals surface area contributed by atoms with Crippen LogP contribution in [0.3, 0.4) is 0 Å². The number of hydrogen-bond donors (Lipinski definition) is 2. The molecule has 3 N–H and O–H groups in total. The van der Waals surface area contributed by atoms with Gasteiger partial charge in [0.15, 0.2) is 0 Å². The molecule has 1 unspecified atom stereocenters. The summed E-state index contributed by atoms with van der Waals surface area (Å²) in [4.78, 5) is 13.7. The van der Waals surface area contributed by atoms with Crippen molar-refractivity contribution in [1.82, 2.24) is 5.32 Å². The van der Waals surface area contributed by atoms with Crippen molar-refractivity contribution in [3.05, 3.63) is 29.3 Å². The lowest BCUT2D eigenvalue weighted by molar-refractivity contribution is -0.123. The largest absolute Gasteiger partial charge is 0.373 e. The average Bonchev–Trinajstić information content (AvgIpc) is 2.36. The van der Waals surface area contributed by atoms with Crippen LogP contribution in [0.2, 0.25) is 0 Å². The number of rotatable bonds is 5. The van der Waals surface area contributed by atoms with E-state index in [1.165, 1.54) is 5.56 Å². The topological polar surface area (TPSA) is 58.4 Å². The molecule has 18 heavy (non-hydrogen) atoms. The molecule has 0 aliphatic rings. The quantitative estimate of drug-likeness (QED) is 0.826. The maximum absolute atomic E-state index is 11.6. The number of nitrogens with two attached hydrogens (primary N) is 1. The zero-order valence-electron chi connectivity index (χ0n) is 11.7. The van der Waals surface area contributed by atoms with Crippen LogP contribution in [0.15, 0.2) is 18.2 Å².